The molecule has 1 aliphatic carbocycles. The summed E-state index contributed by atoms with van der Waals surface area (Å²) in [5, 5.41) is 0. The van der Waals surface area contributed by atoms with Crippen LogP contribution >= 0.6 is 0 Å². The van der Waals surface area contributed by atoms with Gasteiger partial charge in [0.15, 0.2) is 0 Å². The van der Waals surface area contributed by atoms with Gasteiger partial charge in [-0.05, 0) is 56.8 Å². The Hall–Kier alpha value is -0.260. The van der Waals surface area contributed by atoms with Crippen LogP contribution in [0.3, 0.4) is 0 Å². The van der Waals surface area contributed by atoms with Crippen molar-refractivity contribution >= 4 is 0 Å². The molecule has 0 N–H and O–H groups in total. The van der Waals surface area contributed by atoms with Gasteiger partial charge in [0.25, 0.3) is 0 Å². The van der Waals surface area contributed by atoms with Crippen LogP contribution in [0.1, 0.15) is 59.8 Å². The Balaban J connectivity index is 2.56. The molecule has 0 aromatic carbocycles. The van der Waals surface area contributed by atoms with Crippen molar-refractivity contribution in [2.45, 2.75) is 59.8 Å². The minimum atomic E-state index is 0.902. The summed E-state index contributed by atoms with van der Waals surface area (Å²) in [6.45, 7) is 9.56. The molecule has 1 rings (SSSR count). The summed E-state index contributed by atoms with van der Waals surface area (Å²) < 4.78 is 0. The van der Waals surface area contributed by atoms with Crippen molar-refractivity contribution in [1.29, 1.82) is 0 Å². The largest absolute Gasteiger partial charge is 0.0856 e. The van der Waals surface area contributed by atoms with Gasteiger partial charge < -0.3 is 0 Å². The number of hydrogen-bond acceptors (Lipinski definition) is 0. The lowest BCUT2D eigenvalue weighted by atomic mass is 9.82. The average molecular weight is 194 g/mol. The van der Waals surface area contributed by atoms with Gasteiger partial charge in [0.2, 0.25) is 0 Å². The van der Waals surface area contributed by atoms with E-state index in [1.807, 2.05) is 0 Å². The van der Waals surface area contributed by atoms with Gasteiger partial charge in [-0.25, -0.2) is 0 Å². The topological polar surface area (TPSA) is 0 Å². The predicted molar refractivity (Wildman–Crippen MR) is 64.3 cm³/mol. The van der Waals surface area contributed by atoms with Crippen molar-refractivity contribution in [3.63, 3.8) is 0 Å². The highest BCUT2D eigenvalue weighted by Crippen LogP contribution is 2.28. The van der Waals surface area contributed by atoms with E-state index in [0.717, 1.165) is 17.8 Å². The van der Waals surface area contributed by atoms with Crippen LogP contribution in [-0.4, -0.2) is 0 Å². The first-order valence-electron chi connectivity index (χ1n) is 6.25. The molecule has 0 heterocycles. The Morgan fingerprint density at radius 2 is 1.79 bits per heavy atom. The van der Waals surface area contributed by atoms with Gasteiger partial charge >= 0.3 is 0 Å². The second kappa shape index (κ2) is 5.58. The molecule has 0 amide bonds. The van der Waals surface area contributed by atoms with Crippen molar-refractivity contribution < 1.29 is 0 Å². The first-order chi connectivity index (χ1) is 6.59. The van der Waals surface area contributed by atoms with Crippen LogP contribution in [0.5, 0.6) is 0 Å². The second-order valence-corrected chi connectivity index (χ2v) is 5.46. The Morgan fingerprint density at radius 3 is 2.50 bits per heavy atom. The molecule has 3 atom stereocenters. The minimum Gasteiger partial charge on any atom is -0.0856 e. The summed E-state index contributed by atoms with van der Waals surface area (Å²) in [5.41, 5.74) is 1.61. The fourth-order valence-electron chi connectivity index (χ4n) is 2.44. The first-order valence-corrected chi connectivity index (χ1v) is 6.25. The third kappa shape index (κ3) is 3.86. The number of hydrogen-bond donors (Lipinski definition) is 0. The summed E-state index contributed by atoms with van der Waals surface area (Å²) in [6, 6.07) is 0. The Kier molecular flexibility index (Phi) is 4.71. The van der Waals surface area contributed by atoms with E-state index in [9.17, 15) is 0 Å². The zero-order chi connectivity index (χ0) is 10.6. The van der Waals surface area contributed by atoms with Crippen LogP contribution in [0, 0.1) is 17.8 Å². The fraction of sp³-hybridized carbons (Fsp3) is 0.857. The molecule has 14 heavy (non-hydrogen) atoms. The summed E-state index contributed by atoms with van der Waals surface area (Å²) in [7, 11) is 0. The van der Waals surface area contributed by atoms with E-state index in [4.69, 9.17) is 0 Å². The lowest BCUT2D eigenvalue weighted by Crippen LogP contribution is -2.12. The van der Waals surface area contributed by atoms with Gasteiger partial charge in [0.1, 0.15) is 0 Å². The Labute approximate surface area is 89.8 Å². The summed E-state index contributed by atoms with van der Waals surface area (Å²) in [5.74, 6) is 2.73. The van der Waals surface area contributed by atoms with E-state index in [-0.39, 0.29) is 0 Å². The van der Waals surface area contributed by atoms with Crippen LogP contribution in [0.15, 0.2) is 11.6 Å². The Bertz CT molecular complexity index is 190. The van der Waals surface area contributed by atoms with Crippen molar-refractivity contribution in [2.24, 2.45) is 17.8 Å². The Morgan fingerprint density at radius 1 is 1.07 bits per heavy atom. The van der Waals surface area contributed by atoms with Crippen molar-refractivity contribution in [3.05, 3.63) is 11.6 Å². The molecule has 0 spiro atoms. The van der Waals surface area contributed by atoms with E-state index < -0.39 is 0 Å². The number of allylic oxidation sites excluding steroid dienone is 2. The normalized spacial score (nSPS) is 40.0. The van der Waals surface area contributed by atoms with Crippen LogP contribution < -0.4 is 0 Å². The molecule has 0 saturated carbocycles. The second-order valence-electron chi connectivity index (χ2n) is 5.46. The fourth-order valence-corrected chi connectivity index (χ4v) is 2.44. The van der Waals surface area contributed by atoms with E-state index in [1.165, 1.54) is 32.1 Å². The van der Waals surface area contributed by atoms with Gasteiger partial charge in [0.05, 0.1) is 0 Å². The third-order valence-corrected chi connectivity index (χ3v) is 3.89. The number of rotatable bonds is 0. The van der Waals surface area contributed by atoms with Crippen LogP contribution in [0.2, 0.25) is 0 Å². The van der Waals surface area contributed by atoms with E-state index in [2.05, 4.69) is 33.8 Å². The average Bonchev–Trinajstić information content (AvgIpc) is 2.13. The van der Waals surface area contributed by atoms with Crippen LogP contribution in [-0.2, 0) is 0 Å². The van der Waals surface area contributed by atoms with E-state index in [1.54, 1.807) is 5.57 Å². The standard InChI is InChI=1S/C14H26/c1-11-6-5-7-13(3)14(4)10-12(2)9-8-11/h6,12-14H,5,7-10H2,1-4H3/b11-6+. The van der Waals surface area contributed by atoms with Gasteiger partial charge in [-0.1, -0.05) is 32.4 Å². The highest BCUT2D eigenvalue weighted by molar-refractivity contribution is 4.98. The zero-order valence-corrected chi connectivity index (χ0v) is 10.3. The maximum Gasteiger partial charge on any atom is -0.0321 e. The van der Waals surface area contributed by atoms with Crippen molar-refractivity contribution in [1.82, 2.24) is 0 Å². The predicted octanol–water partition coefficient (Wildman–Crippen LogP) is 4.81. The van der Waals surface area contributed by atoms with Gasteiger partial charge in [-0.2, -0.15) is 0 Å². The minimum absolute atomic E-state index is 0.902. The third-order valence-electron chi connectivity index (χ3n) is 3.89. The first kappa shape index (κ1) is 11.8. The van der Waals surface area contributed by atoms with Gasteiger partial charge in [-0.15, -0.1) is 0 Å². The molecule has 0 radical (unpaired) electrons. The molecule has 0 aromatic heterocycles. The van der Waals surface area contributed by atoms with Gasteiger partial charge in [0, 0.05) is 0 Å². The highest BCUT2D eigenvalue weighted by atomic mass is 14.2. The molecule has 1 aliphatic rings. The smallest absolute Gasteiger partial charge is 0.0321 e. The highest BCUT2D eigenvalue weighted by Gasteiger charge is 2.16. The molecule has 0 aliphatic heterocycles. The summed E-state index contributed by atoms with van der Waals surface area (Å²) in [4.78, 5) is 0. The van der Waals surface area contributed by atoms with Gasteiger partial charge in [-0.3, -0.25) is 0 Å². The molecule has 0 saturated heterocycles. The maximum atomic E-state index is 2.46. The lowest BCUT2D eigenvalue weighted by Gasteiger charge is -2.24. The SMILES string of the molecule is C/C1=C\CCC(C)C(C)CC(C)CC1. The van der Waals surface area contributed by atoms with E-state index in [0.29, 0.717) is 0 Å². The molecule has 0 heteroatoms. The monoisotopic (exact) mass is 194 g/mol. The maximum absolute atomic E-state index is 2.46. The van der Waals surface area contributed by atoms with E-state index >= 15 is 0 Å². The lowest BCUT2D eigenvalue weighted by molar-refractivity contribution is 0.290. The molecular formula is C14H26. The molecule has 0 nitrogen and oxygen atoms in total. The molecule has 0 bridgehead atoms. The quantitative estimate of drug-likeness (QED) is 0.486. The molecule has 0 aromatic rings. The molecule has 0 fully saturated rings. The molecule has 82 valence electrons. The summed E-state index contributed by atoms with van der Waals surface area (Å²) in [6.07, 6.45) is 9.27. The summed E-state index contributed by atoms with van der Waals surface area (Å²) >= 11 is 0. The van der Waals surface area contributed by atoms with Crippen LogP contribution in [0.4, 0.5) is 0 Å². The molecule has 3 unspecified atom stereocenters. The van der Waals surface area contributed by atoms with Crippen LogP contribution in [0.25, 0.3) is 0 Å². The van der Waals surface area contributed by atoms with Crippen molar-refractivity contribution in [3.8, 4) is 0 Å². The zero-order valence-electron chi connectivity index (χ0n) is 10.3. The van der Waals surface area contributed by atoms with Crippen molar-refractivity contribution in [2.75, 3.05) is 0 Å². The molecular weight excluding hydrogens is 168 g/mol.